The highest BCUT2D eigenvalue weighted by molar-refractivity contribution is 14.0. The molecule has 0 aliphatic heterocycles. The maximum absolute atomic E-state index is 5.97. The quantitative estimate of drug-likeness (QED) is 0.341. The molecule has 0 radical (unpaired) electrons. The number of aliphatic imine (C=N–C) groups is 1. The summed E-state index contributed by atoms with van der Waals surface area (Å²) in [5, 5.41) is 3.03. The van der Waals surface area contributed by atoms with Crippen molar-refractivity contribution in [2.24, 2.45) is 10.7 Å². The molecule has 0 saturated heterocycles. The van der Waals surface area contributed by atoms with E-state index in [-0.39, 0.29) is 29.9 Å². The van der Waals surface area contributed by atoms with Gasteiger partial charge >= 0.3 is 0 Å². The molecule has 136 valence electrons. The van der Waals surface area contributed by atoms with Crippen LogP contribution in [0.1, 0.15) is 5.56 Å². The summed E-state index contributed by atoms with van der Waals surface area (Å²) in [6.07, 6.45) is 0. The van der Waals surface area contributed by atoms with Crippen LogP contribution in [0.15, 0.2) is 45.9 Å². The summed E-state index contributed by atoms with van der Waals surface area (Å²) in [6, 6.07) is 11.2. The molecule has 0 aromatic heterocycles. The smallest absolute Gasteiger partial charge is 0.193 e. The molecule has 0 saturated carbocycles. The summed E-state index contributed by atoms with van der Waals surface area (Å²) in [5.41, 5.74) is 7.66. The number of benzene rings is 2. The van der Waals surface area contributed by atoms with Crippen LogP contribution in [0, 0.1) is 0 Å². The number of hydrogen-bond acceptors (Lipinski definition) is 4. The standard InChI is InChI=1S/C17H20BrN3O3.HI/c1-22-12-5-7-16(24-3)14(9-12)21-17(19)20-10-11-4-6-15(23-2)13(18)8-11;/h4-9H,10H2,1-3H3,(H3,19,20,21);1H. The van der Waals surface area contributed by atoms with Crippen molar-refractivity contribution in [2.75, 3.05) is 26.6 Å². The fourth-order valence-electron chi connectivity index (χ4n) is 2.07. The van der Waals surface area contributed by atoms with E-state index >= 15 is 0 Å². The Bertz CT molecular complexity index is 741. The molecular weight excluding hydrogens is 501 g/mol. The molecule has 2 aromatic carbocycles. The summed E-state index contributed by atoms with van der Waals surface area (Å²) in [4.78, 5) is 4.34. The van der Waals surface area contributed by atoms with Gasteiger partial charge in [0.1, 0.15) is 17.2 Å². The van der Waals surface area contributed by atoms with Crippen molar-refractivity contribution in [1.29, 1.82) is 0 Å². The maximum Gasteiger partial charge on any atom is 0.193 e. The van der Waals surface area contributed by atoms with Gasteiger partial charge in [0, 0.05) is 6.07 Å². The van der Waals surface area contributed by atoms with Crippen molar-refractivity contribution >= 4 is 51.6 Å². The molecule has 2 rings (SSSR count). The third-order valence-corrected chi connectivity index (χ3v) is 3.94. The lowest BCUT2D eigenvalue weighted by atomic mass is 10.2. The molecule has 0 bridgehead atoms. The molecule has 0 aliphatic rings. The summed E-state index contributed by atoms with van der Waals surface area (Å²) >= 11 is 3.45. The van der Waals surface area contributed by atoms with E-state index in [1.807, 2.05) is 24.3 Å². The summed E-state index contributed by atoms with van der Waals surface area (Å²) in [7, 11) is 4.82. The zero-order valence-corrected chi connectivity index (χ0v) is 18.1. The van der Waals surface area contributed by atoms with Crippen LogP contribution in [-0.2, 0) is 6.54 Å². The van der Waals surface area contributed by atoms with Gasteiger partial charge in [0.05, 0.1) is 38.0 Å². The number of guanidine groups is 1. The first-order valence-corrected chi connectivity index (χ1v) is 7.98. The molecular formula is C17H21BrIN3O3. The molecule has 0 amide bonds. The van der Waals surface area contributed by atoms with E-state index < -0.39 is 0 Å². The predicted molar refractivity (Wildman–Crippen MR) is 115 cm³/mol. The topological polar surface area (TPSA) is 78.1 Å². The minimum Gasteiger partial charge on any atom is -0.497 e. The Kier molecular flexibility index (Phi) is 8.84. The Balaban J connectivity index is 0.00000312. The van der Waals surface area contributed by atoms with Gasteiger partial charge in [0.2, 0.25) is 0 Å². The lowest BCUT2D eigenvalue weighted by molar-refractivity contribution is 0.405. The fraction of sp³-hybridized carbons (Fsp3) is 0.235. The highest BCUT2D eigenvalue weighted by atomic mass is 127. The third kappa shape index (κ3) is 5.96. The van der Waals surface area contributed by atoms with Crippen LogP contribution in [0.3, 0.4) is 0 Å². The lowest BCUT2D eigenvalue weighted by Gasteiger charge is -2.12. The number of methoxy groups -OCH3 is 3. The van der Waals surface area contributed by atoms with Crippen molar-refractivity contribution < 1.29 is 14.2 Å². The molecule has 0 fully saturated rings. The minimum atomic E-state index is 0. The molecule has 0 unspecified atom stereocenters. The number of nitrogens with one attached hydrogen (secondary N) is 1. The predicted octanol–water partition coefficient (Wildman–Crippen LogP) is 4.02. The van der Waals surface area contributed by atoms with Gasteiger partial charge in [-0.3, -0.25) is 0 Å². The number of anilines is 1. The average molecular weight is 522 g/mol. The zero-order valence-electron chi connectivity index (χ0n) is 14.2. The van der Waals surface area contributed by atoms with Crippen molar-refractivity contribution in [3.8, 4) is 17.2 Å². The van der Waals surface area contributed by atoms with E-state index in [1.165, 1.54) is 0 Å². The molecule has 0 atom stereocenters. The molecule has 25 heavy (non-hydrogen) atoms. The fourth-order valence-corrected chi connectivity index (χ4v) is 2.66. The van der Waals surface area contributed by atoms with Crippen LogP contribution in [0.5, 0.6) is 17.2 Å². The van der Waals surface area contributed by atoms with Crippen LogP contribution in [-0.4, -0.2) is 27.3 Å². The normalized spacial score (nSPS) is 10.6. The van der Waals surface area contributed by atoms with Crippen molar-refractivity contribution in [1.82, 2.24) is 0 Å². The Hall–Kier alpha value is -1.68. The van der Waals surface area contributed by atoms with Gasteiger partial charge in [0.15, 0.2) is 5.96 Å². The number of rotatable bonds is 6. The second-order valence-corrected chi connectivity index (χ2v) is 5.72. The van der Waals surface area contributed by atoms with Gasteiger partial charge in [-0.15, -0.1) is 24.0 Å². The van der Waals surface area contributed by atoms with Gasteiger partial charge in [-0.1, -0.05) is 6.07 Å². The molecule has 3 N–H and O–H groups in total. The Labute approximate surface area is 172 Å². The first kappa shape index (κ1) is 21.4. The second kappa shape index (κ2) is 10.3. The van der Waals surface area contributed by atoms with Gasteiger partial charge < -0.3 is 25.3 Å². The minimum absolute atomic E-state index is 0. The number of halogens is 2. The van der Waals surface area contributed by atoms with Gasteiger partial charge in [-0.2, -0.15) is 0 Å². The monoisotopic (exact) mass is 521 g/mol. The summed E-state index contributed by atoms with van der Waals surface area (Å²) < 4.78 is 16.6. The van der Waals surface area contributed by atoms with E-state index in [2.05, 4.69) is 26.2 Å². The van der Waals surface area contributed by atoms with Crippen LogP contribution < -0.4 is 25.3 Å². The van der Waals surface area contributed by atoms with E-state index in [0.717, 1.165) is 15.8 Å². The second-order valence-electron chi connectivity index (χ2n) is 4.86. The average Bonchev–Trinajstić information content (AvgIpc) is 2.60. The number of hydrogen-bond donors (Lipinski definition) is 2. The van der Waals surface area contributed by atoms with Gasteiger partial charge in [-0.05, 0) is 45.8 Å². The molecule has 8 heteroatoms. The van der Waals surface area contributed by atoms with Crippen molar-refractivity contribution in [2.45, 2.75) is 6.54 Å². The highest BCUT2D eigenvalue weighted by Gasteiger charge is 2.06. The Morgan fingerprint density at radius 2 is 1.72 bits per heavy atom. The number of nitrogens with zero attached hydrogens (tertiary/aromatic N) is 1. The summed E-state index contributed by atoms with van der Waals surface area (Å²) in [5.74, 6) is 2.41. The molecule has 2 aromatic rings. The van der Waals surface area contributed by atoms with E-state index in [4.69, 9.17) is 19.9 Å². The molecule has 0 spiro atoms. The number of ether oxygens (including phenoxy) is 3. The van der Waals surface area contributed by atoms with E-state index in [0.29, 0.717) is 23.7 Å². The first-order valence-electron chi connectivity index (χ1n) is 7.18. The van der Waals surface area contributed by atoms with E-state index in [9.17, 15) is 0 Å². The van der Waals surface area contributed by atoms with Crippen LogP contribution in [0.25, 0.3) is 0 Å². The Morgan fingerprint density at radius 1 is 1.04 bits per heavy atom. The SMILES string of the molecule is COc1ccc(OC)c(NC(N)=NCc2ccc(OC)c(Br)c2)c1.I. The largest absolute Gasteiger partial charge is 0.497 e. The van der Waals surface area contributed by atoms with Crippen molar-refractivity contribution in [3.05, 3.63) is 46.4 Å². The lowest BCUT2D eigenvalue weighted by Crippen LogP contribution is -2.23. The van der Waals surface area contributed by atoms with Gasteiger partial charge in [0.25, 0.3) is 0 Å². The zero-order chi connectivity index (χ0) is 17.5. The number of nitrogens with two attached hydrogens (primary N) is 1. The highest BCUT2D eigenvalue weighted by Crippen LogP contribution is 2.29. The van der Waals surface area contributed by atoms with Gasteiger partial charge in [-0.25, -0.2) is 4.99 Å². The third-order valence-electron chi connectivity index (χ3n) is 3.32. The molecule has 6 nitrogen and oxygen atoms in total. The van der Waals surface area contributed by atoms with Crippen molar-refractivity contribution in [3.63, 3.8) is 0 Å². The first-order chi connectivity index (χ1) is 11.6. The van der Waals surface area contributed by atoms with Crippen LogP contribution in [0.4, 0.5) is 5.69 Å². The summed E-state index contributed by atoms with van der Waals surface area (Å²) in [6.45, 7) is 0.438. The molecule has 0 heterocycles. The van der Waals surface area contributed by atoms with Crippen LogP contribution in [0.2, 0.25) is 0 Å². The van der Waals surface area contributed by atoms with E-state index in [1.54, 1.807) is 33.5 Å². The molecule has 0 aliphatic carbocycles. The maximum atomic E-state index is 5.97. The van der Waals surface area contributed by atoms with Crippen LogP contribution >= 0.6 is 39.9 Å². The Morgan fingerprint density at radius 3 is 2.32 bits per heavy atom.